The molecule has 0 aliphatic rings. The van der Waals surface area contributed by atoms with Gasteiger partial charge >= 0.3 is 0 Å². The number of nitrogens with one attached hydrogen (secondary N) is 1. The number of ether oxygens (including phenoxy) is 1. The van der Waals surface area contributed by atoms with Crippen LogP contribution in [0, 0.1) is 13.8 Å². The van der Waals surface area contributed by atoms with Gasteiger partial charge in [0, 0.05) is 0 Å². The molecule has 3 rings (SSSR count). The summed E-state index contributed by atoms with van der Waals surface area (Å²) in [6.45, 7) is 6.29. The highest BCUT2D eigenvalue weighted by Gasteiger charge is 2.16. The van der Waals surface area contributed by atoms with Crippen LogP contribution >= 0.6 is 11.6 Å². The van der Waals surface area contributed by atoms with Crippen LogP contribution in [-0.4, -0.2) is 12.5 Å². The second kappa shape index (κ2) is 7.16. The fourth-order valence-corrected chi connectivity index (χ4v) is 3.30. The van der Waals surface area contributed by atoms with Crippen LogP contribution in [0.3, 0.4) is 0 Å². The van der Waals surface area contributed by atoms with Gasteiger partial charge in [-0.15, -0.1) is 0 Å². The van der Waals surface area contributed by atoms with Gasteiger partial charge in [-0.25, -0.2) is 0 Å². The molecule has 25 heavy (non-hydrogen) atoms. The number of hydrogen-bond donors (Lipinski definition) is 1. The zero-order valence-electron chi connectivity index (χ0n) is 14.5. The van der Waals surface area contributed by atoms with Gasteiger partial charge in [-0.2, -0.15) is 0 Å². The van der Waals surface area contributed by atoms with Crippen LogP contribution in [-0.2, 0) is 0 Å². The fourth-order valence-electron chi connectivity index (χ4n) is 2.93. The van der Waals surface area contributed by atoms with Gasteiger partial charge in [0.25, 0.3) is 5.91 Å². The van der Waals surface area contributed by atoms with Crippen molar-refractivity contribution in [3.05, 3.63) is 70.2 Å². The molecule has 3 aromatic carbocycles. The molecule has 0 saturated carbocycles. The zero-order valence-corrected chi connectivity index (χ0v) is 15.3. The summed E-state index contributed by atoms with van der Waals surface area (Å²) < 4.78 is 5.69. The third-order valence-corrected chi connectivity index (χ3v) is 4.36. The molecule has 0 unspecified atom stereocenters. The molecule has 128 valence electrons. The van der Waals surface area contributed by atoms with Crippen LogP contribution < -0.4 is 10.1 Å². The van der Waals surface area contributed by atoms with Crippen LogP contribution in [0.2, 0.25) is 5.02 Å². The molecule has 0 spiro atoms. The number of aryl methyl sites for hydroxylation is 2. The third kappa shape index (κ3) is 3.62. The monoisotopic (exact) mass is 353 g/mol. The number of halogens is 1. The molecule has 0 atom stereocenters. The maximum absolute atomic E-state index is 12.9. The van der Waals surface area contributed by atoms with E-state index in [2.05, 4.69) is 5.32 Å². The second-order valence-corrected chi connectivity index (χ2v) is 6.43. The van der Waals surface area contributed by atoms with Crippen molar-refractivity contribution < 1.29 is 9.53 Å². The van der Waals surface area contributed by atoms with Crippen molar-refractivity contribution in [2.75, 3.05) is 11.9 Å². The smallest absolute Gasteiger partial charge is 0.259 e. The van der Waals surface area contributed by atoms with Crippen molar-refractivity contribution in [3.8, 4) is 5.75 Å². The SMILES string of the molecule is CCOc1cc2ccccc2cc1C(=O)Nc1c(C)cc(C)cc1Cl. The van der Waals surface area contributed by atoms with Crippen LogP contribution in [0.25, 0.3) is 10.8 Å². The first-order chi connectivity index (χ1) is 12.0. The van der Waals surface area contributed by atoms with Gasteiger partial charge in [0.2, 0.25) is 0 Å². The summed E-state index contributed by atoms with van der Waals surface area (Å²) in [6.07, 6.45) is 0. The van der Waals surface area contributed by atoms with E-state index >= 15 is 0 Å². The molecule has 3 aromatic rings. The average Bonchev–Trinajstić information content (AvgIpc) is 2.57. The molecule has 1 N–H and O–H groups in total. The van der Waals surface area contributed by atoms with Crippen molar-refractivity contribution in [2.24, 2.45) is 0 Å². The molecule has 0 saturated heterocycles. The number of benzene rings is 3. The Labute approximate surface area is 152 Å². The van der Waals surface area contributed by atoms with Crippen molar-refractivity contribution in [2.45, 2.75) is 20.8 Å². The first kappa shape index (κ1) is 17.3. The predicted octanol–water partition coefficient (Wildman–Crippen LogP) is 5.76. The maximum Gasteiger partial charge on any atom is 0.259 e. The van der Waals surface area contributed by atoms with Crippen molar-refractivity contribution >= 4 is 34.0 Å². The molecule has 0 fully saturated rings. The maximum atomic E-state index is 12.9. The minimum atomic E-state index is -0.233. The Kier molecular flexibility index (Phi) is 4.95. The first-order valence-corrected chi connectivity index (χ1v) is 8.61. The fraction of sp³-hybridized carbons (Fsp3) is 0.190. The molecule has 3 nitrogen and oxygen atoms in total. The predicted molar refractivity (Wildman–Crippen MR) is 104 cm³/mol. The highest BCUT2D eigenvalue weighted by atomic mass is 35.5. The molecule has 0 heterocycles. The first-order valence-electron chi connectivity index (χ1n) is 8.23. The van der Waals surface area contributed by atoms with E-state index in [9.17, 15) is 4.79 Å². The molecule has 0 aliphatic carbocycles. The van der Waals surface area contributed by atoms with Crippen molar-refractivity contribution in [3.63, 3.8) is 0 Å². The summed E-state index contributed by atoms with van der Waals surface area (Å²) in [5.74, 6) is 0.336. The number of fused-ring (bicyclic) bond motifs is 1. The lowest BCUT2D eigenvalue weighted by Gasteiger charge is -2.15. The number of carbonyl (C=O) groups excluding carboxylic acids is 1. The molecule has 1 amide bonds. The van der Waals surface area contributed by atoms with Gasteiger partial charge < -0.3 is 10.1 Å². The summed E-state index contributed by atoms with van der Waals surface area (Å²) in [4.78, 5) is 12.9. The lowest BCUT2D eigenvalue weighted by atomic mass is 10.0. The highest BCUT2D eigenvalue weighted by molar-refractivity contribution is 6.34. The third-order valence-electron chi connectivity index (χ3n) is 4.06. The van der Waals surface area contributed by atoms with Crippen LogP contribution in [0.5, 0.6) is 5.75 Å². The van der Waals surface area contributed by atoms with Gasteiger partial charge in [0.15, 0.2) is 0 Å². The second-order valence-electron chi connectivity index (χ2n) is 6.02. The van der Waals surface area contributed by atoms with E-state index in [1.54, 1.807) is 0 Å². The van der Waals surface area contributed by atoms with Crippen LogP contribution in [0.15, 0.2) is 48.5 Å². The van der Waals surface area contributed by atoms with Crippen LogP contribution in [0.1, 0.15) is 28.4 Å². The normalized spacial score (nSPS) is 10.7. The largest absolute Gasteiger partial charge is 0.493 e. The molecular weight excluding hydrogens is 334 g/mol. The van der Waals surface area contributed by atoms with Gasteiger partial charge in [-0.3, -0.25) is 4.79 Å². The van der Waals surface area contributed by atoms with E-state index in [-0.39, 0.29) is 5.91 Å². The van der Waals surface area contributed by atoms with E-state index in [0.717, 1.165) is 21.9 Å². The summed E-state index contributed by atoms with van der Waals surface area (Å²) in [6, 6.07) is 15.5. The Morgan fingerprint density at radius 3 is 2.40 bits per heavy atom. The molecule has 0 aromatic heterocycles. The highest BCUT2D eigenvalue weighted by Crippen LogP contribution is 2.30. The minimum Gasteiger partial charge on any atom is -0.493 e. The summed E-state index contributed by atoms with van der Waals surface area (Å²) in [5.41, 5.74) is 3.11. The zero-order chi connectivity index (χ0) is 18.0. The number of rotatable bonds is 4. The van der Waals surface area contributed by atoms with Crippen LogP contribution in [0.4, 0.5) is 5.69 Å². The Morgan fingerprint density at radius 1 is 1.08 bits per heavy atom. The Balaban J connectivity index is 2.03. The van der Waals surface area contributed by atoms with Gasteiger partial charge in [-0.05, 0) is 60.9 Å². The molecule has 0 bridgehead atoms. The van der Waals surface area contributed by atoms with E-state index in [1.165, 1.54) is 0 Å². The lowest BCUT2D eigenvalue weighted by molar-refractivity contribution is 0.102. The summed E-state index contributed by atoms with van der Waals surface area (Å²) in [5, 5.41) is 5.49. The van der Waals surface area contributed by atoms with E-state index in [0.29, 0.717) is 28.6 Å². The van der Waals surface area contributed by atoms with E-state index < -0.39 is 0 Å². The van der Waals surface area contributed by atoms with Gasteiger partial charge in [0.1, 0.15) is 5.75 Å². The van der Waals surface area contributed by atoms with E-state index in [1.807, 2.05) is 69.3 Å². The topological polar surface area (TPSA) is 38.3 Å². The minimum absolute atomic E-state index is 0.233. The van der Waals surface area contributed by atoms with Crippen molar-refractivity contribution in [1.29, 1.82) is 0 Å². The quantitative estimate of drug-likeness (QED) is 0.647. The Bertz CT molecular complexity index is 927. The number of hydrogen-bond acceptors (Lipinski definition) is 2. The molecule has 4 heteroatoms. The Hall–Kier alpha value is -2.52. The number of carbonyl (C=O) groups is 1. The van der Waals surface area contributed by atoms with Gasteiger partial charge in [0.05, 0.1) is 22.9 Å². The summed E-state index contributed by atoms with van der Waals surface area (Å²) >= 11 is 6.32. The molecule has 0 radical (unpaired) electrons. The van der Waals surface area contributed by atoms with E-state index in [4.69, 9.17) is 16.3 Å². The summed E-state index contributed by atoms with van der Waals surface area (Å²) in [7, 11) is 0. The number of amides is 1. The lowest BCUT2D eigenvalue weighted by Crippen LogP contribution is -2.15. The average molecular weight is 354 g/mol. The molecule has 0 aliphatic heterocycles. The standard InChI is InChI=1S/C21H20ClNO2/c1-4-25-19-12-16-8-6-5-7-15(16)11-17(19)21(24)23-20-14(3)9-13(2)10-18(20)22/h5-12H,4H2,1-3H3,(H,23,24). The van der Waals surface area contributed by atoms with Crippen molar-refractivity contribution in [1.82, 2.24) is 0 Å². The molecular formula is C21H20ClNO2. The Morgan fingerprint density at radius 2 is 1.76 bits per heavy atom. The number of anilines is 1. The van der Waals surface area contributed by atoms with Gasteiger partial charge in [-0.1, -0.05) is 41.9 Å².